The highest BCUT2D eigenvalue weighted by molar-refractivity contribution is 5.26. The molecule has 0 aromatic heterocycles. The molecule has 3 aromatic rings. The molecule has 0 aliphatic rings. The molecule has 0 spiro atoms. The van der Waals surface area contributed by atoms with E-state index >= 15 is 0 Å². The van der Waals surface area contributed by atoms with Gasteiger partial charge in [-0.25, -0.2) is 0 Å². The quantitative estimate of drug-likeness (QED) is 0.154. The van der Waals surface area contributed by atoms with Gasteiger partial charge in [0.05, 0.1) is 26.4 Å². The number of likely N-dealkylation sites (N-methyl/N-ethyl adjacent to an activating group) is 2. The lowest BCUT2D eigenvalue weighted by molar-refractivity contribution is 0.0433. The van der Waals surface area contributed by atoms with Crippen molar-refractivity contribution in [1.82, 2.24) is 14.7 Å². The maximum absolute atomic E-state index is 9.76. The third-order valence-corrected chi connectivity index (χ3v) is 8.44. The van der Waals surface area contributed by atoms with E-state index in [1.165, 1.54) is 16.7 Å². The normalized spacial score (nSPS) is 14.0. The van der Waals surface area contributed by atoms with Crippen molar-refractivity contribution in [3.05, 3.63) is 102 Å². The lowest BCUT2D eigenvalue weighted by atomic mass is 10.1. The zero-order chi connectivity index (χ0) is 30.9. The number of benzene rings is 3. The van der Waals surface area contributed by atoms with Crippen LogP contribution in [0.2, 0.25) is 0 Å². The average Bonchev–Trinajstić information content (AvgIpc) is 3.02. The lowest BCUT2D eigenvalue weighted by Gasteiger charge is -2.36. The summed E-state index contributed by atoms with van der Waals surface area (Å²) in [5.74, 6) is 0.317. The molecule has 0 heterocycles. The highest BCUT2D eigenvalue weighted by Gasteiger charge is 2.20. The van der Waals surface area contributed by atoms with Crippen LogP contribution in [-0.2, 0) is 29.1 Å². The van der Waals surface area contributed by atoms with Crippen LogP contribution in [0.4, 0.5) is 0 Å². The Hall–Kier alpha value is -2.74. The third kappa shape index (κ3) is 12.8. The fraction of sp³-hybridized carbons (Fsp3) is 0.514. The molecule has 0 saturated heterocycles. The van der Waals surface area contributed by atoms with Crippen LogP contribution < -0.4 is 0 Å². The fourth-order valence-electron chi connectivity index (χ4n) is 5.60. The molecule has 43 heavy (non-hydrogen) atoms. The molecule has 0 aliphatic carbocycles. The fourth-order valence-corrected chi connectivity index (χ4v) is 5.60. The second-order valence-corrected chi connectivity index (χ2v) is 11.7. The van der Waals surface area contributed by atoms with Gasteiger partial charge in [0, 0.05) is 44.3 Å². The Balaban J connectivity index is 1.55. The van der Waals surface area contributed by atoms with E-state index in [9.17, 15) is 5.11 Å². The van der Waals surface area contributed by atoms with Crippen LogP contribution in [0.25, 0.3) is 0 Å². The monoisotopic (exact) mass is 589 g/mol. The van der Waals surface area contributed by atoms with Crippen molar-refractivity contribution in [2.45, 2.75) is 72.4 Å². The van der Waals surface area contributed by atoms with Gasteiger partial charge in [-0.05, 0) is 69.1 Å². The zero-order valence-corrected chi connectivity index (χ0v) is 27.2. The van der Waals surface area contributed by atoms with Gasteiger partial charge in [-0.2, -0.15) is 0 Å². The summed E-state index contributed by atoms with van der Waals surface area (Å²) in [4.78, 5) is 7.69. The molecule has 0 amide bonds. The Labute approximate surface area is 261 Å². The second kappa shape index (κ2) is 19.5. The van der Waals surface area contributed by atoms with Gasteiger partial charge in [0.15, 0.2) is 0 Å². The Morgan fingerprint density at radius 1 is 0.535 bits per heavy atom. The molecule has 0 fully saturated rings. The smallest absolute Gasteiger partial charge is 0.115 e. The molecule has 3 atom stereocenters. The molecule has 236 valence electrons. The highest BCUT2D eigenvalue weighted by Crippen LogP contribution is 2.15. The Bertz CT molecular complexity index is 1050. The SMILES string of the molecule is CCN(CCN(CCN(CC)C(C)COCc1ccccc1)C(C)Cc1ccc(O)cc1)C(C)COCc1ccccc1. The summed E-state index contributed by atoms with van der Waals surface area (Å²) >= 11 is 0. The molecule has 3 aromatic carbocycles. The van der Waals surface area contributed by atoms with Gasteiger partial charge in [0.25, 0.3) is 0 Å². The summed E-state index contributed by atoms with van der Waals surface area (Å²) in [7, 11) is 0. The molecule has 3 rings (SSSR count). The van der Waals surface area contributed by atoms with Crippen molar-refractivity contribution >= 4 is 0 Å². The molecule has 0 radical (unpaired) electrons. The molecule has 1 N–H and O–H groups in total. The number of phenols is 1. The number of hydrogen-bond donors (Lipinski definition) is 1. The van der Waals surface area contributed by atoms with Crippen LogP contribution in [0, 0.1) is 0 Å². The topological polar surface area (TPSA) is 48.4 Å². The Morgan fingerprint density at radius 3 is 1.37 bits per heavy atom. The number of rotatable bonds is 21. The van der Waals surface area contributed by atoms with Crippen LogP contribution in [0.1, 0.15) is 51.3 Å². The average molecular weight is 590 g/mol. The van der Waals surface area contributed by atoms with Crippen LogP contribution in [0.3, 0.4) is 0 Å². The summed E-state index contributed by atoms with van der Waals surface area (Å²) < 4.78 is 12.2. The standard InChI is InChI=1S/C37H55N3O3/c1-6-38(32(4)27-42-29-35-14-10-8-11-15-35)22-24-40(31(3)26-34-18-20-37(41)21-19-34)25-23-39(7-2)33(5)28-43-30-36-16-12-9-13-17-36/h8-21,31-33,41H,6-7,22-30H2,1-5H3. The molecule has 0 aliphatic heterocycles. The zero-order valence-electron chi connectivity index (χ0n) is 27.2. The Kier molecular flexibility index (Phi) is 15.8. The van der Waals surface area contributed by atoms with Crippen LogP contribution in [-0.4, -0.2) is 90.4 Å². The van der Waals surface area contributed by atoms with Crippen LogP contribution in [0.5, 0.6) is 5.75 Å². The molecular formula is C37H55N3O3. The van der Waals surface area contributed by atoms with E-state index in [2.05, 4.69) is 97.8 Å². The summed E-state index contributed by atoms with van der Waals surface area (Å²) in [6.45, 7) is 20.1. The Morgan fingerprint density at radius 2 is 0.953 bits per heavy atom. The van der Waals surface area contributed by atoms with Crippen molar-refractivity contribution in [3.8, 4) is 5.75 Å². The molecule has 6 nitrogen and oxygen atoms in total. The first-order valence-electron chi connectivity index (χ1n) is 16.1. The minimum atomic E-state index is 0.317. The molecule has 3 unspecified atom stereocenters. The number of hydrogen-bond acceptors (Lipinski definition) is 6. The van der Waals surface area contributed by atoms with Gasteiger partial charge in [-0.15, -0.1) is 0 Å². The van der Waals surface area contributed by atoms with Crippen molar-refractivity contribution in [1.29, 1.82) is 0 Å². The van der Waals surface area contributed by atoms with Crippen molar-refractivity contribution in [2.75, 3.05) is 52.5 Å². The lowest BCUT2D eigenvalue weighted by Crippen LogP contribution is -2.48. The highest BCUT2D eigenvalue weighted by atomic mass is 16.5. The van der Waals surface area contributed by atoms with Gasteiger partial charge in [-0.1, -0.05) is 86.6 Å². The molecule has 0 saturated carbocycles. The second-order valence-electron chi connectivity index (χ2n) is 11.7. The van der Waals surface area contributed by atoms with E-state index < -0.39 is 0 Å². The van der Waals surface area contributed by atoms with Crippen molar-refractivity contribution in [2.24, 2.45) is 0 Å². The largest absolute Gasteiger partial charge is 0.508 e. The number of ether oxygens (including phenoxy) is 2. The summed E-state index contributed by atoms with van der Waals surface area (Å²) in [5.41, 5.74) is 3.68. The molecule has 6 heteroatoms. The van der Waals surface area contributed by atoms with E-state index in [0.717, 1.165) is 58.9 Å². The van der Waals surface area contributed by atoms with Gasteiger partial charge in [0.1, 0.15) is 5.75 Å². The minimum absolute atomic E-state index is 0.317. The van der Waals surface area contributed by atoms with Crippen LogP contribution >= 0.6 is 0 Å². The van der Waals surface area contributed by atoms with E-state index in [-0.39, 0.29) is 0 Å². The predicted molar refractivity (Wildman–Crippen MR) is 178 cm³/mol. The predicted octanol–water partition coefficient (Wildman–Crippen LogP) is 6.48. The van der Waals surface area contributed by atoms with E-state index in [1.807, 2.05) is 24.3 Å². The molecule has 0 bridgehead atoms. The molecular weight excluding hydrogens is 534 g/mol. The number of aromatic hydroxyl groups is 1. The summed E-state index contributed by atoms with van der Waals surface area (Å²) in [6, 6.07) is 29.5. The first-order chi connectivity index (χ1) is 20.9. The summed E-state index contributed by atoms with van der Waals surface area (Å²) in [5, 5.41) is 9.76. The van der Waals surface area contributed by atoms with Crippen molar-refractivity contribution < 1.29 is 14.6 Å². The first kappa shape index (κ1) is 34.7. The van der Waals surface area contributed by atoms with E-state index in [4.69, 9.17) is 9.47 Å². The maximum atomic E-state index is 9.76. The van der Waals surface area contributed by atoms with E-state index in [1.54, 1.807) is 12.1 Å². The first-order valence-corrected chi connectivity index (χ1v) is 16.1. The van der Waals surface area contributed by atoms with Gasteiger partial charge < -0.3 is 14.6 Å². The van der Waals surface area contributed by atoms with Gasteiger partial charge in [-0.3, -0.25) is 14.7 Å². The number of phenolic OH excluding ortho intramolecular Hbond substituents is 1. The third-order valence-electron chi connectivity index (χ3n) is 8.44. The van der Waals surface area contributed by atoms with Gasteiger partial charge >= 0.3 is 0 Å². The minimum Gasteiger partial charge on any atom is -0.508 e. The maximum Gasteiger partial charge on any atom is 0.115 e. The number of nitrogens with zero attached hydrogens (tertiary/aromatic N) is 3. The summed E-state index contributed by atoms with van der Waals surface area (Å²) in [6.07, 6.45) is 0.948. The van der Waals surface area contributed by atoms with Crippen molar-refractivity contribution in [3.63, 3.8) is 0 Å². The van der Waals surface area contributed by atoms with Gasteiger partial charge in [0.2, 0.25) is 0 Å². The van der Waals surface area contributed by atoms with E-state index in [0.29, 0.717) is 37.1 Å². The van der Waals surface area contributed by atoms with Crippen LogP contribution in [0.15, 0.2) is 84.9 Å².